The number of aliphatic hydroxyl groups excluding tert-OH is 2. The van der Waals surface area contributed by atoms with Crippen molar-refractivity contribution in [3.8, 4) is 5.75 Å². The van der Waals surface area contributed by atoms with E-state index < -0.39 is 24.5 Å². The largest absolute Gasteiger partial charge is 0.506 e. The Balaban J connectivity index is 1.74. The average Bonchev–Trinajstić information content (AvgIpc) is 3.27. The second-order valence-electron chi connectivity index (χ2n) is 6.96. The fourth-order valence-electron chi connectivity index (χ4n) is 3.38. The summed E-state index contributed by atoms with van der Waals surface area (Å²) < 4.78 is 12.4. The summed E-state index contributed by atoms with van der Waals surface area (Å²) in [4.78, 5) is 13.4. The summed E-state index contributed by atoms with van der Waals surface area (Å²) in [5, 5.41) is 33.7. The van der Waals surface area contributed by atoms with Crippen molar-refractivity contribution in [2.24, 2.45) is 0 Å². The van der Waals surface area contributed by atoms with E-state index in [0.29, 0.717) is 34.9 Å². The normalized spacial score (nSPS) is 23.9. The lowest BCUT2D eigenvalue weighted by molar-refractivity contribution is -0.0580. The number of ether oxygens (including phenoxy) is 2. The highest BCUT2D eigenvalue weighted by Gasteiger charge is 2.44. The number of imidazole rings is 1. The van der Waals surface area contributed by atoms with Crippen LogP contribution in [0.25, 0.3) is 11.2 Å². The number of aromatic nitrogens is 4. The molecule has 0 spiro atoms. The molecule has 1 fully saturated rings. The van der Waals surface area contributed by atoms with Crippen molar-refractivity contribution >= 4 is 34.3 Å². The molecule has 3 heterocycles. The molecule has 11 heteroatoms. The van der Waals surface area contributed by atoms with E-state index in [-0.39, 0.29) is 17.4 Å². The fourth-order valence-corrected chi connectivity index (χ4v) is 3.56. The van der Waals surface area contributed by atoms with Gasteiger partial charge in [-0.2, -0.15) is 0 Å². The zero-order chi connectivity index (χ0) is 21.4. The molecular formula is C19H22ClN5O5. The highest BCUT2D eigenvalue weighted by Crippen LogP contribution is 2.34. The van der Waals surface area contributed by atoms with Gasteiger partial charge in [0.2, 0.25) is 0 Å². The Labute approximate surface area is 177 Å². The first-order chi connectivity index (χ1) is 14.4. The van der Waals surface area contributed by atoms with Crippen LogP contribution in [0.15, 0.2) is 24.5 Å². The number of methoxy groups -OCH3 is 1. The van der Waals surface area contributed by atoms with Gasteiger partial charge < -0.3 is 30.1 Å². The van der Waals surface area contributed by atoms with Gasteiger partial charge in [-0.15, -0.1) is 0 Å². The predicted molar refractivity (Wildman–Crippen MR) is 109 cm³/mol. The molecular weight excluding hydrogens is 414 g/mol. The minimum absolute atomic E-state index is 0.0230. The van der Waals surface area contributed by atoms with Crippen molar-refractivity contribution in [2.75, 3.05) is 19.0 Å². The van der Waals surface area contributed by atoms with E-state index in [1.807, 2.05) is 6.92 Å². The van der Waals surface area contributed by atoms with Gasteiger partial charge in [0.1, 0.15) is 29.9 Å². The number of hydrogen-bond donors (Lipinski definition) is 4. The molecule has 10 nitrogen and oxygen atoms in total. The van der Waals surface area contributed by atoms with Gasteiger partial charge in [0.05, 0.1) is 18.0 Å². The van der Waals surface area contributed by atoms with Crippen LogP contribution < -0.4 is 5.32 Å². The molecule has 1 aromatic carbocycles. The van der Waals surface area contributed by atoms with Crippen LogP contribution in [0.1, 0.15) is 19.0 Å². The van der Waals surface area contributed by atoms with Crippen LogP contribution in [0.2, 0.25) is 5.02 Å². The summed E-state index contributed by atoms with van der Waals surface area (Å²) in [5.41, 5.74) is 1.52. The lowest BCUT2D eigenvalue weighted by Gasteiger charge is -2.17. The highest BCUT2D eigenvalue weighted by molar-refractivity contribution is 6.32. The Bertz CT molecular complexity index is 1060. The van der Waals surface area contributed by atoms with Gasteiger partial charge in [0.25, 0.3) is 0 Å². The number of nitrogens with one attached hydrogen (secondary N) is 1. The predicted octanol–water partition coefficient (Wildman–Crippen LogP) is 1.76. The molecule has 2 aromatic heterocycles. The van der Waals surface area contributed by atoms with Gasteiger partial charge in [-0.05, 0) is 18.2 Å². The minimum atomic E-state index is -1.17. The molecule has 160 valence electrons. The SMILES string of the molecule is CCc1nc(Nc2ccc(O)c(Cl)c2)c2ncn([C@@H]3O[C@H](COC)[C@@H](O)[C@H]3O)c2n1. The van der Waals surface area contributed by atoms with Crippen molar-refractivity contribution in [3.05, 3.63) is 35.4 Å². The molecule has 0 radical (unpaired) electrons. The van der Waals surface area contributed by atoms with Gasteiger partial charge >= 0.3 is 0 Å². The quantitative estimate of drug-likeness (QED) is 0.427. The zero-order valence-corrected chi connectivity index (χ0v) is 17.1. The van der Waals surface area contributed by atoms with Crippen molar-refractivity contribution < 1.29 is 24.8 Å². The molecule has 1 aliphatic heterocycles. The van der Waals surface area contributed by atoms with Crippen molar-refractivity contribution in [2.45, 2.75) is 37.9 Å². The molecule has 4 atom stereocenters. The molecule has 0 unspecified atom stereocenters. The topological polar surface area (TPSA) is 135 Å². The van der Waals surface area contributed by atoms with E-state index in [4.69, 9.17) is 21.1 Å². The summed E-state index contributed by atoms with van der Waals surface area (Å²) >= 11 is 6.00. The number of halogens is 1. The molecule has 3 aromatic rings. The van der Waals surface area contributed by atoms with E-state index in [1.54, 1.807) is 16.7 Å². The van der Waals surface area contributed by atoms with Crippen LogP contribution in [-0.2, 0) is 15.9 Å². The Morgan fingerprint density at radius 1 is 1.27 bits per heavy atom. The molecule has 30 heavy (non-hydrogen) atoms. The van der Waals surface area contributed by atoms with Crippen LogP contribution in [0, 0.1) is 0 Å². The number of phenolic OH excluding ortho intramolecular Hbond substituents is 1. The first kappa shape index (κ1) is 20.8. The number of hydrogen-bond acceptors (Lipinski definition) is 9. The van der Waals surface area contributed by atoms with Crippen LogP contribution in [0.4, 0.5) is 11.5 Å². The lowest BCUT2D eigenvalue weighted by atomic mass is 10.1. The van der Waals surface area contributed by atoms with Crippen LogP contribution >= 0.6 is 11.6 Å². The molecule has 1 saturated heterocycles. The number of fused-ring (bicyclic) bond motifs is 1. The molecule has 0 bridgehead atoms. The second-order valence-corrected chi connectivity index (χ2v) is 7.37. The maximum Gasteiger partial charge on any atom is 0.168 e. The number of nitrogens with zero attached hydrogens (tertiary/aromatic N) is 4. The van der Waals surface area contributed by atoms with Gasteiger partial charge in [-0.3, -0.25) is 4.57 Å². The Morgan fingerprint density at radius 3 is 2.77 bits per heavy atom. The van der Waals surface area contributed by atoms with E-state index in [0.717, 1.165) is 0 Å². The number of phenols is 1. The van der Waals surface area contributed by atoms with Crippen LogP contribution in [-0.4, -0.2) is 66.9 Å². The van der Waals surface area contributed by atoms with Gasteiger partial charge in [0.15, 0.2) is 23.2 Å². The molecule has 0 amide bonds. The van der Waals surface area contributed by atoms with Crippen molar-refractivity contribution in [1.82, 2.24) is 19.5 Å². The summed E-state index contributed by atoms with van der Waals surface area (Å²) in [6, 6.07) is 4.71. The second kappa shape index (κ2) is 8.32. The smallest absolute Gasteiger partial charge is 0.168 e. The highest BCUT2D eigenvalue weighted by atomic mass is 35.5. The van der Waals surface area contributed by atoms with Crippen molar-refractivity contribution in [1.29, 1.82) is 0 Å². The number of anilines is 2. The number of aliphatic hydroxyl groups is 2. The molecule has 1 aliphatic rings. The van der Waals surface area contributed by atoms with E-state index in [2.05, 4.69) is 20.3 Å². The summed E-state index contributed by atoms with van der Waals surface area (Å²) in [6.07, 6.45) is -1.76. The first-order valence-corrected chi connectivity index (χ1v) is 9.80. The van der Waals surface area contributed by atoms with Gasteiger partial charge in [-0.1, -0.05) is 18.5 Å². The molecule has 0 aliphatic carbocycles. The number of benzene rings is 1. The number of rotatable bonds is 6. The Kier molecular flexibility index (Phi) is 5.76. The van der Waals surface area contributed by atoms with Crippen molar-refractivity contribution in [3.63, 3.8) is 0 Å². The fraction of sp³-hybridized carbons (Fsp3) is 0.421. The molecule has 0 saturated carbocycles. The first-order valence-electron chi connectivity index (χ1n) is 9.42. The maximum absolute atomic E-state index is 10.5. The summed E-state index contributed by atoms with van der Waals surface area (Å²) in [6.45, 7) is 2.06. The third-order valence-corrected chi connectivity index (χ3v) is 5.24. The summed E-state index contributed by atoms with van der Waals surface area (Å²) in [7, 11) is 1.50. The molecule has 4 rings (SSSR count). The zero-order valence-electron chi connectivity index (χ0n) is 16.4. The van der Waals surface area contributed by atoms with Crippen LogP contribution in [0.5, 0.6) is 5.75 Å². The Morgan fingerprint density at radius 2 is 2.07 bits per heavy atom. The average molecular weight is 436 g/mol. The lowest BCUT2D eigenvalue weighted by Crippen LogP contribution is -2.33. The minimum Gasteiger partial charge on any atom is -0.506 e. The summed E-state index contributed by atoms with van der Waals surface area (Å²) in [5.74, 6) is 0.974. The monoisotopic (exact) mass is 435 g/mol. The third kappa shape index (κ3) is 3.68. The Hall–Kier alpha value is -2.50. The van der Waals surface area contributed by atoms with Gasteiger partial charge in [-0.25, -0.2) is 15.0 Å². The molecule has 4 N–H and O–H groups in total. The van der Waals surface area contributed by atoms with E-state index in [9.17, 15) is 15.3 Å². The number of aryl methyl sites for hydroxylation is 1. The van der Waals surface area contributed by atoms with Crippen LogP contribution in [0.3, 0.4) is 0 Å². The number of aromatic hydroxyl groups is 1. The van der Waals surface area contributed by atoms with Gasteiger partial charge in [0, 0.05) is 19.2 Å². The van der Waals surface area contributed by atoms with E-state index in [1.165, 1.54) is 19.5 Å². The standard InChI is InChI=1S/C19H22ClN5O5/c1-3-13-23-17(22-9-4-5-11(26)10(20)6-9)14-18(24-13)25(8-21-14)19-16(28)15(27)12(30-19)7-29-2/h4-6,8,12,15-16,19,26-28H,3,7H2,1-2H3,(H,22,23,24)/t12-,15-,16-,19-/m1/s1. The maximum atomic E-state index is 10.5. The third-order valence-electron chi connectivity index (χ3n) is 4.94. The van der Waals surface area contributed by atoms with E-state index >= 15 is 0 Å².